The Balaban J connectivity index is 1.45. The molecule has 3 N–H and O–H groups in total. The number of halogens is 1. The summed E-state index contributed by atoms with van der Waals surface area (Å²) >= 11 is 1.21. The smallest absolute Gasteiger partial charge is 0.321 e. The maximum Gasteiger partial charge on any atom is 0.321 e. The number of aliphatic hydroxyl groups is 1. The van der Waals surface area contributed by atoms with Crippen molar-refractivity contribution < 1.29 is 23.9 Å². The third-order valence-electron chi connectivity index (χ3n) is 4.46. The maximum atomic E-state index is 13.2. The average Bonchev–Trinajstić information content (AvgIpc) is 3.25. The van der Waals surface area contributed by atoms with E-state index in [-0.39, 0.29) is 50.2 Å². The van der Waals surface area contributed by atoms with Crippen molar-refractivity contribution in [1.29, 1.82) is 0 Å². The zero-order chi connectivity index (χ0) is 21.7. The van der Waals surface area contributed by atoms with E-state index in [4.69, 9.17) is 0 Å². The Morgan fingerprint density at radius 3 is 2.93 bits per heavy atom. The summed E-state index contributed by atoms with van der Waals surface area (Å²) in [6, 6.07) is 5.46. The molecule has 30 heavy (non-hydrogen) atoms. The molecule has 0 spiro atoms. The van der Waals surface area contributed by atoms with Crippen LogP contribution in [0.25, 0.3) is 0 Å². The van der Waals surface area contributed by atoms with Crippen LogP contribution in [-0.2, 0) is 22.7 Å². The molecule has 1 fully saturated rings. The summed E-state index contributed by atoms with van der Waals surface area (Å²) in [4.78, 5) is 43.0. The molecule has 1 aromatic heterocycles. The number of nitrogens with one attached hydrogen (secondary N) is 2. The zero-order valence-electron chi connectivity index (χ0n) is 16.3. The molecule has 1 unspecified atom stereocenters. The summed E-state index contributed by atoms with van der Waals surface area (Å²) in [6.07, 6.45) is -0.686. The Morgan fingerprint density at radius 1 is 1.43 bits per heavy atom. The predicted octanol–water partition coefficient (Wildman–Crippen LogP) is 1.16. The van der Waals surface area contributed by atoms with Crippen LogP contribution in [0.1, 0.15) is 17.7 Å². The molecular formula is C19H22FN5O4S. The van der Waals surface area contributed by atoms with Gasteiger partial charge < -0.3 is 20.2 Å². The van der Waals surface area contributed by atoms with E-state index in [0.29, 0.717) is 16.4 Å². The van der Waals surface area contributed by atoms with Crippen molar-refractivity contribution in [2.75, 3.05) is 25.5 Å². The molecule has 2 heterocycles. The lowest BCUT2D eigenvalue weighted by Gasteiger charge is -2.20. The number of thiazole rings is 1. The Bertz CT molecular complexity index is 937. The van der Waals surface area contributed by atoms with E-state index in [0.717, 1.165) is 0 Å². The van der Waals surface area contributed by atoms with Crippen LogP contribution in [0.2, 0.25) is 0 Å². The molecule has 1 aliphatic heterocycles. The summed E-state index contributed by atoms with van der Waals surface area (Å²) < 4.78 is 13.2. The third-order valence-corrected chi connectivity index (χ3v) is 5.27. The SMILES string of the molecule is CN(Cc1csc(NC(=O)NCc2cccc(F)c2)n1)C(=O)CN1CC(O)CC1=O. The fraction of sp³-hybridized carbons (Fsp3) is 0.368. The fourth-order valence-corrected chi connectivity index (χ4v) is 3.62. The van der Waals surface area contributed by atoms with Gasteiger partial charge in [0.25, 0.3) is 0 Å². The average molecular weight is 435 g/mol. The number of nitrogens with zero attached hydrogens (tertiary/aromatic N) is 3. The number of aliphatic hydroxyl groups excluding tert-OH is 1. The topological polar surface area (TPSA) is 115 Å². The Hall–Kier alpha value is -3.05. The van der Waals surface area contributed by atoms with Crippen molar-refractivity contribution in [2.24, 2.45) is 0 Å². The number of anilines is 1. The van der Waals surface area contributed by atoms with Gasteiger partial charge in [0.05, 0.1) is 31.3 Å². The second kappa shape index (κ2) is 9.63. The maximum absolute atomic E-state index is 13.2. The number of urea groups is 1. The zero-order valence-corrected chi connectivity index (χ0v) is 17.1. The highest BCUT2D eigenvalue weighted by atomic mass is 32.1. The van der Waals surface area contributed by atoms with Gasteiger partial charge >= 0.3 is 6.03 Å². The molecule has 0 saturated carbocycles. The molecule has 3 rings (SSSR count). The number of likely N-dealkylation sites (tertiary alicyclic amines) is 1. The van der Waals surface area contributed by atoms with Crippen LogP contribution in [-0.4, -0.2) is 64.0 Å². The van der Waals surface area contributed by atoms with Crippen molar-refractivity contribution >= 4 is 34.3 Å². The summed E-state index contributed by atoms with van der Waals surface area (Å²) in [7, 11) is 1.59. The van der Waals surface area contributed by atoms with E-state index in [1.54, 1.807) is 24.6 Å². The molecule has 1 saturated heterocycles. The number of aromatic nitrogens is 1. The van der Waals surface area contributed by atoms with Gasteiger partial charge in [0.1, 0.15) is 5.82 Å². The second-order valence-corrected chi connectivity index (χ2v) is 7.82. The summed E-state index contributed by atoms with van der Waals surface area (Å²) in [6.45, 7) is 0.452. The van der Waals surface area contributed by atoms with Crippen molar-refractivity contribution in [1.82, 2.24) is 20.1 Å². The van der Waals surface area contributed by atoms with Crippen LogP contribution in [0, 0.1) is 5.82 Å². The molecule has 160 valence electrons. The van der Waals surface area contributed by atoms with E-state index < -0.39 is 12.1 Å². The minimum atomic E-state index is -0.727. The fourth-order valence-electron chi connectivity index (χ4n) is 2.93. The molecule has 1 aromatic carbocycles. The van der Waals surface area contributed by atoms with Crippen LogP contribution in [0.15, 0.2) is 29.6 Å². The lowest BCUT2D eigenvalue weighted by atomic mass is 10.2. The van der Waals surface area contributed by atoms with E-state index in [1.165, 1.54) is 33.3 Å². The normalized spacial score (nSPS) is 15.9. The first-order valence-corrected chi connectivity index (χ1v) is 10.1. The Labute approximate surface area is 176 Å². The number of β-amino-alcohol motifs (C(OH)–C–C–N with tert-alkyl or cyclic N) is 1. The van der Waals surface area contributed by atoms with Gasteiger partial charge in [0.15, 0.2) is 5.13 Å². The lowest BCUT2D eigenvalue weighted by Crippen LogP contribution is -2.39. The molecule has 9 nitrogen and oxygen atoms in total. The number of likely N-dealkylation sites (N-methyl/N-ethyl adjacent to an activating group) is 1. The first kappa shape index (κ1) is 21.7. The van der Waals surface area contributed by atoms with Crippen molar-refractivity contribution in [2.45, 2.75) is 25.6 Å². The van der Waals surface area contributed by atoms with E-state index in [1.807, 2.05) is 0 Å². The summed E-state index contributed by atoms with van der Waals surface area (Å²) in [5.74, 6) is -0.885. The number of carbonyl (C=O) groups excluding carboxylic acids is 3. The Kier molecular flexibility index (Phi) is 6.95. The van der Waals surface area contributed by atoms with E-state index >= 15 is 0 Å². The van der Waals surface area contributed by atoms with Crippen LogP contribution in [0.4, 0.5) is 14.3 Å². The number of rotatable bonds is 7. The van der Waals surface area contributed by atoms with Gasteiger partial charge in [-0.3, -0.25) is 14.9 Å². The van der Waals surface area contributed by atoms with Crippen molar-refractivity contribution in [3.8, 4) is 0 Å². The molecule has 4 amide bonds. The molecule has 1 atom stereocenters. The van der Waals surface area contributed by atoms with Crippen molar-refractivity contribution in [3.63, 3.8) is 0 Å². The van der Waals surface area contributed by atoms with Gasteiger partial charge in [-0.1, -0.05) is 12.1 Å². The van der Waals surface area contributed by atoms with Crippen LogP contribution in [0.3, 0.4) is 0 Å². The van der Waals surface area contributed by atoms with Gasteiger partial charge in [-0.05, 0) is 17.7 Å². The van der Waals surface area contributed by atoms with E-state index in [9.17, 15) is 23.9 Å². The molecular weight excluding hydrogens is 413 g/mol. The minimum Gasteiger partial charge on any atom is -0.391 e. The van der Waals surface area contributed by atoms with E-state index in [2.05, 4.69) is 15.6 Å². The lowest BCUT2D eigenvalue weighted by molar-refractivity contribution is -0.137. The monoisotopic (exact) mass is 435 g/mol. The number of hydrogen-bond donors (Lipinski definition) is 3. The van der Waals surface area contributed by atoms with Gasteiger partial charge in [0, 0.05) is 25.5 Å². The van der Waals surface area contributed by atoms with Gasteiger partial charge in [0.2, 0.25) is 11.8 Å². The van der Waals surface area contributed by atoms with Gasteiger partial charge in [-0.25, -0.2) is 14.2 Å². The number of carbonyl (C=O) groups is 3. The molecule has 1 aliphatic rings. The first-order valence-electron chi connectivity index (χ1n) is 9.23. The molecule has 2 aromatic rings. The molecule has 0 aliphatic carbocycles. The van der Waals surface area contributed by atoms with Gasteiger partial charge in [-0.2, -0.15) is 0 Å². The number of benzene rings is 1. The predicted molar refractivity (Wildman–Crippen MR) is 108 cm³/mol. The quantitative estimate of drug-likeness (QED) is 0.604. The van der Waals surface area contributed by atoms with Crippen LogP contribution < -0.4 is 10.6 Å². The van der Waals surface area contributed by atoms with Crippen molar-refractivity contribution in [3.05, 3.63) is 46.7 Å². The summed E-state index contributed by atoms with van der Waals surface area (Å²) in [5.41, 5.74) is 1.22. The number of hydrogen-bond acceptors (Lipinski definition) is 6. The molecule has 0 radical (unpaired) electrons. The minimum absolute atomic E-state index is 0.0411. The molecule has 0 bridgehead atoms. The largest absolute Gasteiger partial charge is 0.391 e. The standard InChI is InChI=1S/C19H22FN5O4S/c1-24(17(28)10-25-9-15(26)6-16(25)27)8-14-11-30-19(22-14)23-18(29)21-7-12-3-2-4-13(20)5-12/h2-5,11,15,26H,6-10H2,1H3,(H2,21,22,23,29). The van der Waals surface area contributed by atoms with Crippen LogP contribution >= 0.6 is 11.3 Å². The Morgan fingerprint density at radius 2 is 2.23 bits per heavy atom. The molecule has 11 heteroatoms. The van der Waals surface area contributed by atoms with Crippen LogP contribution in [0.5, 0.6) is 0 Å². The highest BCUT2D eigenvalue weighted by Crippen LogP contribution is 2.17. The third kappa shape index (κ3) is 5.97. The second-order valence-electron chi connectivity index (χ2n) is 6.96. The highest BCUT2D eigenvalue weighted by Gasteiger charge is 2.30. The summed E-state index contributed by atoms with van der Waals surface area (Å²) in [5, 5.41) is 16.8. The number of amides is 4. The first-order chi connectivity index (χ1) is 14.3. The van der Waals surface area contributed by atoms with Gasteiger partial charge in [-0.15, -0.1) is 11.3 Å². The highest BCUT2D eigenvalue weighted by molar-refractivity contribution is 7.13.